The lowest BCUT2D eigenvalue weighted by Gasteiger charge is -2.22. The number of Topliss-reactive ketones (excluding diaryl/α,β-unsaturated/α-hetero) is 1. The van der Waals surface area contributed by atoms with Crippen LogP contribution in [-0.2, 0) is 4.79 Å². The van der Waals surface area contributed by atoms with Crippen molar-refractivity contribution in [2.75, 3.05) is 13.1 Å². The molecule has 0 spiro atoms. The number of carbonyl (C=O) groups is 2. The van der Waals surface area contributed by atoms with Crippen LogP contribution in [0.3, 0.4) is 0 Å². The molecule has 0 aromatic carbocycles. The first-order valence-electron chi connectivity index (χ1n) is 4.17. The summed E-state index contributed by atoms with van der Waals surface area (Å²) in [6.07, 6.45) is 0. The van der Waals surface area contributed by atoms with Gasteiger partial charge in [-0.1, -0.05) is 0 Å². The fourth-order valence-electron chi connectivity index (χ4n) is 0.602. The van der Waals surface area contributed by atoms with E-state index in [-0.39, 0.29) is 11.8 Å². The molecule has 0 unspecified atom stereocenters. The normalized spacial score (nSPS) is 10.8. The molecule has 0 rings (SSSR count). The van der Waals surface area contributed by atoms with E-state index in [1.165, 1.54) is 6.92 Å². The molecule has 0 aliphatic rings. The van der Waals surface area contributed by atoms with E-state index in [2.05, 4.69) is 10.6 Å². The van der Waals surface area contributed by atoms with Gasteiger partial charge < -0.3 is 16.4 Å². The molecular weight excluding hydrogens is 170 g/mol. The van der Waals surface area contributed by atoms with Crippen LogP contribution < -0.4 is 16.4 Å². The molecule has 76 valence electrons. The fraction of sp³-hybridized carbons (Fsp3) is 0.750. The van der Waals surface area contributed by atoms with Crippen LogP contribution in [0.2, 0.25) is 0 Å². The van der Waals surface area contributed by atoms with E-state index in [9.17, 15) is 9.59 Å². The molecule has 5 heteroatoms. The van der Waals surface area contributed by atoms with Crippen molar-refractivity contribution in [3.8, 4) is 0 Å². The Bertz CT molecular complexity index is 202. The molecule has 0 aromatic rings. The monoisotopic (exact) mass is 187 g/mol. The van der Waals surface area contributed by atoms with Gasteiger partial charge in [0.25, 0.3) is 0 Å². The second-order valence-electron chi connectivity index (χ2n) is 3.35. The summed E-state index contributed by atoms with van der Waals surface area (Å²) in [5.74, 6) is -0.0876. The van der Waals surface area contributed by atoms with Gasteiger partial charge in [-0.3, -0.25) is 4.79 Å². The predicted octanol–water partition coefficient (Wildman–Crippen LogP) is -0.388. The van der Waals surface area contributed by atoms with Gasteiger partial charge in [-0.2, -0.15) is 0 Å². The summed E-state index contributed by atoms with van der Waals surface area (Å²) >= 11 is 0. The minimum Gasteiger partial charge on any atom is -0.337 e. The number of urea groups is 1. The van der Waals surface area contributed by atoms with Crippen molar-refractivity contribution in [1.29, 1.82) is 0 Å². The molecule has 0 saturated heterocycles. The van der Waals surface area contributed by atoms with Crippen LogP contribution in [0, 0.1) is 0 Å². The standard InChI is InChI=1S/C8H17N3O2/c1-6(12)8(2,3)11-7(13)10-5-4-9/h4-5,9H2,1-3H3,(H2,10,11,13). The summed E-state index contributed by atoms with van der Waals surface area (Å²) < 4.78 is 0. The van der Waals surface area contributed by atoms with Gasteiger partial charge in [0, 0.05) is 13.1 Å². The zero-order chi connectivity index (χ0) is 10.5. The summed E-state index contributed by atoms with van der Waals surface area (Å²) in [7, 11) is 0. The van der Waals surface area contributed by atoms with E-state index >= 15 is 0 Å². The van der Waals surface area contributed by atoms with Crippen molar-refractivity contribution in [1.82, 2.24) is 10.6 Å². The SMILES string of the molecule is CC(=O)C(C)(C)NC(=O)NCCN. The van der Waals surface area contributed by atoms with Gasteiger partial charge in [0.05, 0.1) is 5.54 Å². The van der Waals surface area contributed by atoms with E-state index < -0.39 is 5.54 Å². The summed E-state index contributed by atoms with van der Waals surface area (Å²) in [6.45, 7) is 5.52. The largest absolute Gasteiger partial charge is 0.337 e. The second-order valence-corrected chi connectivity index (χ2v) is 3.35. The summed E-state index contributed by atoms with van der Waals surface area (Å²) in [5, 5.41) is 5.05. The summed E-state index contributed by atoms with van der Waals surface area (Å²) in [5.41, 5.74) is 4.37. The maximum absolute atomic E-state index is 11.1. The van der Waals surface area contributed by atoms with Crippen molar-refractivity contribution >= 4 is 11.8 Å². The van der Waals surface area contributed by atoms with Gasteiger partial charge in [-0.25, -0.2) is 4.79 Å². The lowest BCUT2D eigenvalue weighted by Crippen LogP contribution is -2.52. The number of hydrogen-bond donors (Lipinski definition) is 3. The Kier molecular flexibility index (Phi) is 4.40. The van der Waals surface area contributed by atoms with Crippen LogP contribution in [0.1, 0.15) is 20.8 Å². The number of rotatable bonds is 4. The Balaban J connectivity index is 3.97. The van der Waals surface area contributed by atoms with Crippen molar-refractivity contribution in [2.45, 2.75) is 26.3 Å². The Morgan fingerprint density at radius 1 is 1.38 bits per heavy atom. The molecule has 5 nitrogen and oxygen atoms in total. The molecule has 2 amide bonds. The molecule has 0 fully saturated rings. The molecule has 0 heterocycles. The minimum atomic E-state index is -0.821. The summed E-state index contributed by atoms with van der Waals surface area (Å²) in [4.78, 5) is 22.1. The van der Waals surface area contributed by atoms with Crippen LogP contribution in [0.25, 0.3) is 0 Å². The molecule has 0 atom stereocenters. The first kappa shape index (κ1) is 11.9. The molecule has 0 aromatic heterocycles. The number of amides is 2. The highest BCUT2D eigenvalue weighted by molar-refractivity contribution is 5.90. The van der Waals surface area contributed by atoms with Gasteiger partial charge in [0.2, 0.25) is 0 Å². The number of carbonyl (C=O) groups excluding carboxylic acids is 2. The highest BCUT2D eigenvalue weighted by atomic mass is 16.2. The third-order valence-corrected chi connectivity index (χ3v) is 1.74. The third-order valence-electron chi connectivity index (χ3n) is 1.74. The van der Waals surface area contributed by atoms with E-state index in [1.807, 2.05) is 0 Å². The van der Waals surface area contributed by atoms with E-state index in [0.717, 1.165) is 0 Å². The fourth-order valence-corrected chi connectivity index (χ4v) is 0.602. The number of hydrogen-bond acceptors (Lipinski definition) is 3. The second kappa shape index (κ2) is 4.81. The zero-order valence-electron chi connectivity index (χ0n) is 8.31. The average molecular weight is 187 g/mol. The zero-order valence-corrected chi connectivity index (χ0v) is 8.31. The van der Waals surface area contributed by atoms with Crippen LogP contribution in [0.5, 0.6) is 0 Å². The first-order valence-corrected chi connectivity index (χ1v) is 4.17. The Morgan fingerprint density at radius 2 is 1.92 bits per heavy atom. The third kappa shape index (κ3) is 4.47. The molecule has 0 aliphatic carbocycles. The minimum absolute atomic E-state index is 0.0876. The summed E-state index contributed by atoms with van der Waals surface area (Å²) in [6, 6.07) is -0.370. The van der Waals surface area contributed by atoms with Gasteiger partial charge >= 0.3 is 6.03 Å². The lowest BCUT2D eigenvalue weighted by molar-refractivity contribution is -0.121. The highest BCUT2D eigenvalue weighted by Gasteiger charge is 2.25. The number of nitrogens with one attached hydrogen (secondary N) is 2. The quantitative estimate of drug-likeness (QED) is 0.560. The molecule has 0 aliphatic heterocycles. The topological polar surface area (TPSA) is 84.2 Å². The van der Waals surface area contributed by atoms with Crippen LogP contribution in [0.4, 0.5) is 4.79 Å². The molecule has 0 radical (unpaired) electrons. The van der Waals surface area contributed by atoms with Gasteiger partial charge in [-0.05, 0) is 20.8 Å². The van der Waals surface area contributed by atoms with Gasteiger partial charge in [0.1, 0.15) is 0 Å². The molecule has 4 N–H and O–H groups in total. The molecule has 0 bridgehead atoms. The van der Waals surface area contributed by atoms with E-state index in [1.54, 1.807) is 13.8 Å². The lowest BCUT2D eigenvalue weighted by atomic mass is 10.0. The van der Waals surface area contributed by atoms with Crippen LogP contribution in [0.15, 0.2) is 0 Å². The molecular formula is C8H17N3O2. The molecule has 0 saturated carbocycles. The Labute approximate surface area is 78.1 Å². The number of ketones is 1. The van der Waals surface area contributed by atoms with Crippen molar-refractivity contribution in [2.24, 2.45) is 5.73 Å². The van der Waals surface area contributed by atoms with Gasteiger partial charge in [-0.15, -0.1) is 0 Å². The Hall–Kier alpha value is -1.10. The predicted molar refractivity (Wildman–Crippen MR) is 50.3 cm³/mol. The van der Waals surface area contributed by atoms with Gasteiger partial charge in [0.15, 0.2) is 5.78 Å². The number of nitrogens with two attached hydrogens (primary N) is 1. The van der Waals surface area contributed by atoms with E-state index in [0.29, 0.717) is 13.1 Å². The Morgan fingerprint density at radius 3 is 2.31 bits per heavy atom. The van der Waals surface area contributed by atoms with Crippen LogP contribution in [-0.4, -0.2) is 30.4 Å². The highest BCUT2D eigenvalue weighted by Crippen LogP contribution is 2.02. The van der Waals surface area contributed by atoms with Crippen LogP contribution >= 0.6 is 0 Å². The maximum Gasteiger partial charge on any atom is 0.315 e. The van der Waals surface area contributed by atoms with Crippen molar-refractivity contribution in [3.05, 3.63) is 0 Å². The van der Waals surface area contributed by atoms with E-state index in [4.69, 9.17) is 5.73 Å². The van der Waals surface area contributed by atoms with Crippen molar-refractivity contribution < 1.29 is 9.59 Å². The maximum atomic E-state index is 11.1. The smallest absolute Gasteiger partial charge is 0.315 e. The van der Waals surface area contributed by atoms with Crippen molar-refractivity contribution in [3.63, 3.8) is 0 Å². The average Bonchev–Trinajstić information content (AvgIpc) is 1.99. The first-order chi connectivity index (χ1) is 5.90. The molecule has 13 heavy (non-hydrogen) atoms.